The fourth-order valence-electron chi connectivity index (χ4n) is 1.70. The number of nitrogens with two attached hydrogens (primary N) is 1. The maximum absolute atomic E-state index is 12.5. The molecular weight excluding hydrogens is 340 g/mol. The second-order valence-electron chi connectivity index (χ2n) is 4.35. The number of hydrogen-bond acceptors (Lipinski definition) is 5. The molecule has 7 heteroatoms. The fraction of sp³-hybridized carbons (Fsp3) is 0.429. The molecule has 0 saturated carbocycles. The van der Waals surface area contributed by atoms with Gasteiger partial charge in [-0.2, -0.15) is 0 Å². The molecule has 1 aromatic carbocycles. The lowest BCUT2D eigenvalue weighted by Gasteiger charge is -2.22. The Morgan fingerprint density at radius 3 is 2.57 bits per heavy atom. The van der Waals surface area contributed by atoms with Crippen molar-refractivity contribution < 1.29 is 19.1 Å². The van der Waals surface area contributed by atoms with Crippen LogP contribution in [-0.2, 0) is 14.3 Å². The highest BCUT2D eigenvalue weighted by Gasteiger charge is 2.17. The lowest BCUT2D eigenvalue weighted by Crippen LogP contribution is -2.35. The molecule has 6 nitrogen and oxygen atoms in total. The van der Waals surface area contributed by atoms with Crippen LogP contribution in [0.4, 0.5) is 5.69 Å². The number of nitrogen functional groups attached to an aromatic ring is 1. The number of esters is 1. The highest BCUT2D eigenvalue weighted by molar-refractivity contribution is 9.10. The van der Waals surface area contributed by atoms with Crippen molar-refractivity contribution in [2.45, 2.75) is 6.42 Å². The van der Waals surface area contributed by atoms with Crippen LogP contribution >= 0.6 is 15.9 Å². The number of halogens is 1. The van der Waals surface area contributed by atoms with Crippen LogP contribution in [0.15, 0.2) is 22.7 Å². The molecule has 1 aromatic rings. The second kappa shape index (κ2) is 8.63. The van der Waals surface area contributed by atoms with E-state index >= 15 is 0 Å². The lowest BCUT2D eigenvalue weighted by atomic mass is 10.1. The predicted molar refractivity (Wildman–Crippen MR) is 83.0 cm³/mol. The van der Waals surface area contributed by atoms with Crippen molar-refractivity contribution in [2.75, 3.05) is 39.6 Å². The number of carbonyl (C=O) groups is 2. The molecule has 0 aliphatic heterocycles. The fourth-order valence-corrected chi connectivity index (χ4v) is 1.95. The van der Waals surface area contributed by atoms with Crippen molar-refractivity contribution in [1.82, 2.24) is 4.90 Å². The van der Waals surface area contributed by atoms with Crippen molar-refractivity contribution in [3.05, 3.63) is 28.2 Å². The molecule has 0 heterocycles. The summed E-state index contributed by atoms with van der Waals surface area (Å²) in [5.41, 5.74) is 6.74. The molecule has 1 rings (SSSR count). The molecule has 1 amide bonds. The van der Waals surface area contributed by atoms with E-state index in [1.807, 2.05) is 0 Å². The minimum atomic E-state index is -0.361. The maximum atomic E-state index is 12.5. The van der Waals surface area contributed by atoms with Gasteiger partial charge in [0.2, 0.25) is 0 Å². The van der Waals surface area contributed by atoms with Gasteiger partial charge in [0.05, 0.1) is 20.1 Å². The van der Waals surface area contributed by atoms with E-state index in [4.69, 9.17) is 10.5 Å². The third kappa shape index (κ3) is 5.35. The molecule has 0 fully saturated rings. The van der Waals surface area contributed by atoms with Gasteiger partial charge in [0.1, 0.15) is 0 Å². The normalized spacial score (nSPS) is 10.2. The van der Waals surface area contributed by atoms with E-state index in [1.165, 1.54) is 7.11 Å². The van der Waals surface area contributed by atoms with Gasteiger partial charge in [-0.15, -0.1) is 0 Å². The smallest absolute Gasteiger partial charge is 0.307 e. The Morgan fingerprint density at radius 2 is 2.00 bits per heavy atom. The predicted octanol–water partition coefficient (Wildman–Crippen LogP) is 1.68. The van der Waals surface area contributed by atoms with E-state index in [1.54, 1.807) is 30.2 Å². The van der Waals surface area contributed by atoms with Gasteiger partial charge in [0.15, 0.2) is 0 Å². The zero-order chi connectivity index (χ0) is 15.8. The second-order valence-corrected chi connectivity index (χ2v) is 5.20. The molecule has 0 bridgehead atoms. The Bertz CT molecular complexity index is 508. The van der Waals surface area contributed by atoms with Crippen LogP contribution in [0.25, 0.3) is 0 Å². The number of anilines is 1. The standard InChI is InChI=1S/C14H19BrN2O4/c1-20-8-7-17(6-5-13(18)21-2)14(19)10-3-4-11(15)12(16)9-10/h3-4,9H,5-8,16H2,1-2H3. The van der Waals surface area contributed by atoms with Crippen LogP contribution in [0.1, 0.15) is 16.8 Å². The summed E-state index contributed by atoms with van der Waals surface area (Å²) >= 11 is 3.29. The summed E-state index contributed by atoms with van der Waals surface area (Å²) < 4.78 is 10.3. The van der Waals surface area contributed by atoms with Crippen LogP contribution in [0.3, 0.4) is 0 Å². The van der Waals surface area contributed by atoms with Gasteiger partial charge < -0.3 is 20.1 Å². The van der Waals surface area contributed by atoms with Crippen molar-refractivity contribution in [2.24, 2.45) is 0 Å². The first-order valence-electron chi connectivity index (χ1n) is 6.39. The van der Waals surface area contributed by atoms with Gasteiger partial charge in [-0.3, -0.25) is 9.59 Å². The van der Waals surface area contributed by atoms with E-state index in [0.717, 1.165) is 4.47 Å². The molecule has 0 atom stereocenters. The summed E-state index contributed by atoms with van der Waals surface area (Å²) in [7, 11) is 2.87. The largest absolute Gasteiger partial charge is 0.469 e. The van der Waals surface area contributed by atoms with E-state index < -0.39 is 0 Å². The minimum absolute atomic E-state index is 0.137. The SMILES string of the molecule is COCCN(CCC(=O)OC)C(=O)c1ccc(Br)c(N)c1. The van der Waals surface area contributed by atoms with Crippen LogP contribution in [0, 0.1) is 0 Å². The monoisotopic (exact) mass is 358 g/mol. The van der Waals surface area contributed by atoms with E-state index in [9.17, 15) is 9.59 Å². The maximum Gasteiger partial charge on any atom is 0.307 e. The summed E-state index contributed by atoms with van der Waals surface area (Å²) in [4.78, 5) is 25.2. The van der Waals surface area contributed by atoms with Gasteiger partial charge in [0, 0.05) is 35.9 Å². The summed E-state index contributed by atoms with van der Waals surface area (Å²) in [6.45, 7) is 1.05. The van der Waals surface area contributed by atoms with Gasteiger partial charge >= 0.3 is 5.97 Å². The summed E-state index contributed by atoms with van der Waals surface area (Å²) in [5.74, 6) is -0.560. The average molecular weight is 359 g/mol. The Morgan fingerprint density at radius 1 is 1.29 bits per heavy atom. The van der Waals surface area contributed by atoms with Crippen molar-refractivity contribution in [1.29, 1.82) is 0 Å². The van der Waals surface area contributed by atoms with Gasteiger partial charge in [-0.1, -0.05) is 0 Å². The van der Waals surface area contributed by atoms with E-state index in [2.05, 4.69) is 20.7 Å². The molecule has 116 valence electrons. The molecule has 0 aromatic heterocycles. The topological polar surface area (TPSA) is 81.9 Å². The summed E-state index contributed by atoms with van der Waals surface area (Å²) in [5, 5.41) is 0. The van der Waals surface area contributed by atoms with Crippen LogP contribution < -0.4 is 5.73 Å². The van der Waals surface area contributed by atoms with Crippen LogP contribution in [-0.4, -0.2) is 50.7 Å². The van der Waals surface area contributed by atoms with Crippen molar-refractivity contribution in [3.63, 3.8) is 0 Å². The number of carbonyl (C=O) groups excluding carboxylic acids is 2. The van der Waals surface area contributed by atoms with Crippen LogP contribution in [0.5, 0.6) is 0 Å². The molecule has 0 aliphatic carbocycles. The van der Waals surface area contributed by atoms with Gasteiger partial charge in [-0.05, 0) is 34.1 Å². The molecule has 0 unspecified atom stereocenters. The molecular formula is C14H19BrN2O4. The van der Waals surface area contributed by atoms with Crippen LogP contribution in [0.2, 0.25) is 0 Å². The summed E-state index contributed by atoms with van der Waals surface area (Å²) in [6.07, 6.45) is 0.137. The Labute approximate surface area is 132 Å². The van der Waals surface area contributed by atoms with Crippen molar-refractivity contribution in [3.8, 4) is 0 Å². The Balaban J connectivity index is 2.82. The minimum Gasteiger partial charge on any atom is -0.469 e. The highest BCUT2D eigenvalue weighted by atomic mass is 79.9. The number of benzene rings is 1. The van der Waals surface area contributed by atoms with E-state index in [-0.39, 0.29) is 24.8 Å². The first-order valence-corrected chi connectivity index (χ1v) is 7.19. The first-order chi connectivity index (χ1) is 9.99. The Hall–Kier alpha value is -1.60. The Kier molecular flexibility index (Phi) is 7.18. The molecule has 2 N–H and O–H groups in total. The average Bonchev–Trinajstić information content (AvgIpc) is 2.49. The molecule has 0 aliphatic rings. The zero-order valence-corrected chi connectivity index (χ0v) is 13.7. The number of nitrogens with zero attached hydrogens (tertiary/aromatic N) is 1. The highest BCUT2D eigenvalue weighted by Crippen LogP contribution is 2.21. The third-order valence-corrected chi connectivity index (χ3v) is 3.63. The molecule has 0 radical (unpaired) electrons. The molecule has 0 spiro atoms. The van der Waals surface area contributed by atoms with Crippen molar-refractivity contribution >= 4 is 33.5 Å². The molecule has 0 saturated heterocycles. The number of ether oxygens (including phenoxy) is 2. The lowest BCUT2D eigenvalue weighted by molar-refractivity contribution is -0.140. The third-order valence-electron chi connectivity index (χ3n) is 2.91. The molecule has 21 heavy (non-hydrogen) atoms. The quantitative estimate of drug-likeness (QED) is 0.592. The number of rotatable bonds is 7. The summed E-state index contributed by atoms with van der Waals surface area (Å²) in [6, 6.07) is 5.00. The van der Waals surface area contributed by atoms with Gasteiger partial charge in [0.25, 0.3) is 5.91 Å². The number of methoxy groups -OCH3 is 2. The van der Waals surface area contributed by atoms with E-state index in [0.29, 0.717) is 24.4 Å². The number of hydrogen-bond donors (Lipinski definition) is 1. The zero-order valence-electron chi connectivity index (χ0n) is 12.1. The number of amides is 1. The first kappa shape index (κ1) is 17.5. The van der Waals surface area contributed by atoms with Gasteiger partial charge in [-0.25, -0.2) is 0 Å².